The molecule has 2 aromatic rings. The summed E-state index contributed by atoms with van der Waals surface area (Å²) in [6, 6.07) is 9.32. The second-order valence-corrected chi connectivity index (χ2v) is 5.71. The van der Waals surface area contributed by atoms with Crippen LogP contribution in [0.4, 0.5) is 11.4 Å². The van der Waals surface area contributed by atoms with Crippen LogP contribution in [-0.4, -0.2) is 5.91 Å². The van der Waals surface area contributed by atoms with Crippen LogP contribution in [0.2, 0.25) is 0 Å². The Morgan fingerprint density at radius 1 is 1.10 bits per heavy atom. The summed E-state index contributed by atoms with van der Waals surface area (Å²) in [5, 5.41) is 2.90. The average Bonchev–Trinajstić information content (AvgIpc) is 2.39. The van der Waals surface area contributed by atoms with E-state index in [0.717, 1.165) is 26.9 Å². The van der Waals surface area contributed by atoms with Crippen LogP contribution in [0.3, 0.4) is 0 Å². The summed E-state index contributed by atoms with van der Waals surface area (Å²) in [5.41, 5.74) is 10.8. The van der Waals surface area contributed by atoms with Gasteiger partial charge >= 0.3 is 0 Å². The molecule has 0 spiro atoms. The normalized spacial score (nSPS) is 10.4. The summed E-state index contributed by atoms with van der Waals surface area (Å²) in [7, 11) is 0. The molecule has 0 aliphatic heterocycles. The Balaban J connectivity index is 2.30. The summed E-state index contributed by atoms with van der Waals surface area (Å²) in [5.74, 6) is -0.188. The second kappa shape index (κ2) is 5.67. The molecule has 104 valence electrons. The van der Waals surface area contributed by atoms with Gasteiger partial charge in [0.05, 0.1) is 5.56 Å². The number of anilines is 2. The van der Waals surface area contributed by atoms with Crippen molar-refractivity contribution in [3.63, 3.8) is 0 Å². The molecule has 3 nitrogen and oxygen atoms in total. The molecule has 2 aromatic carbocycles. The predicted octanol–water partition coefficient (Wildman–Crippen LogP) is 4.21. The summed E-state index contributed by atoms with van der Waals surface area (Å²) in [4.78, 5) is 12.3. The molecule has 0 fully saturated rings. The summed E-state index contributed by atoms with van der Waals surface area (Å²) in [6.07, 6.45) is 0. The smallest absolute Gasteiger partial charge is 0.257 e. The van der Waals surface area contributed by atoms with Gasteiger partial charge in [0, 0.05) is 15.8 Å². The largest absolute Gasteiger partial charge is 0.398 e. The lowest BCUT2D eigenvalue weighted by molar-refractivity contribution is 0.102. The molecule has 0 aliphatic rings. The maximum atomic E-state index is 12.3. The molecular formula is C16H17BrN2O. The van der Waals surface area contributed by atoms with Crippen molar-refractivity contribution >= 4 is 33.2 Å². The van der Waals surface area contributed by atoms with Crippen LogP contribution in [-0.2, 0) is 0 Å². The first-order valence-electron chi connectivity index (χ1n) is 6.33. The number of aryl methyl sites for hydroxylation is 3. The molecule has 0 saturated heterocycles. The molecule has 4 heteroatoms. The number of carbonyl (C=O) groups excluding carboxylic acids is 1. The van der Waals surface area contributed by atoms with E-state index in [1.807, 2.05) is 45.0 Å². The topological polar surface area (TPSA) is 55.1 Å². The van der Waals surface area contributed by atoms with E-state index in [1.165, 1.54) is 0 Å². The molecule has 0 bridgehead atoms. The van der Waals surface area contributed by atoms with Crippen LogP contribution in [0, 0.1) is 20.8 Å². The fourth-order valence-electron chi connectivity index (χ4n) is 2.10. The maximum absolute atomic E-state index is 12.3. The minimum Gasteiger partial charge on any atom is -0.398 e. The molecule has 2 rings (SSSR count). The molecule has 20 heavy (non-hydrogen) atoms. The Hall–Kier alpha value is -1.81. The number of nitrogens with one attached hydrogen (secondary N) is 1. The van der Waals surface area contributed by atoms with Crippen molar-refractivity contribution in [3.05, 3.63) is 57.1 Å². The summed E-state index contributed by atoms with van der Waals surface area (Å²) in [6.45, 7) is 5.88. The molecule has 0 atom stereocenters. The number of amides is 1. The number of benzene rings is 2. The number of nitrogens with two attached hydrogens (primary N) is 1. The minimum absolute atomic E-state index is 0.188. The van der Waals surface area contributed by atoms with E-state index in [2.05, 4.69) is 21.2 Å². The van der Waals surface area contributed by atoms with Crippen LogP contribution in [0.5, 0.6) is 0 Å². The zero-order valence-corrected chi connectivity index (χ0v) is 13.3. The molecule has 0 heterocycles. The van der Waals surface area contributed by atoms with E-state index in [4.69, 9.17) is 5.73 Å². The highest BCUT2D eigenvalue weighted by atomic mass is 79.9. The first kappa shape index (κ1) is 14.6. The van der Waals surface area contributed by atoms with Crippen LogP contribution in [0.25, 0.3) is 0 Å². The minimum atomic E-state index is -0.188. The Bertz CT molecular complexity index is 657. The van der Waals surface area contributed by atoms with Crippen molar-refractivity contribution < 1.29 is 4.79 Å². The van der Waals surface area contributed by atoms with Crippen LogP contribution < -0.4 is 11.1 Å². The van der Waals surface area contributed by atoms with E-state index in [-0.39, 0.29) is 5.91 Å². The fourth-order valence-corrected chi connectivity index (χ4v) is 2.32. The molecule has 0 radical (unpaired) electrons. The average molecular weight is 333 g/mol. The third-order valence-electron chi connectivity index (χ3n) is 3.26. The van der Waals surface area contributed by atoms with Gasteiger partial charge in [0.1, 0.15) is 0 Å². The zero-order chi connectivity index (χ0) is 14.9. The molecule has 3 N–H and O–H groups in total. The van der Waals surface area contributed by atoms with Gasteiger partial charge in [-0.15, -0.1) is 0 Å². The SMILES string of the molecule is Cc1cccc(C(=O)Nc2cc(C)c(Br)c(C)c2)c1N. The Labute approximate surface area is 127 Å². The van der Waals surface area contributed by atoms with Gasteiger partial charge < -0.3 is 11.1 Å². The predicted molar refractivity (Wildman–Crippen MR) is 87.2 cm³/mol. The van der Waals surface area contributed by atoms with E-state index >= 15 is 0 Å². The first-order chi connectivity index (χ1) is 9.40. The zero-order valence-electron chi connectivity index (χ0n) is 11.8. The van der Waals surface area contributed by atoms with Gasteiger partial charge in [-0.25, -0.2) is 0 Å². The second-order valence-electron chi connectivity index (χ2n) is 4.91. The van der Waals surface area contributed by atoms with E-state index in [0.29, 0.717) is 11.3 Å². The van der Waals surface area contributed by atoms with Crippen molar-refractivity contribution in [2.24, 2.45) is 0 Å². The lowest BCUT2D eigenvalue weighted by Crippen LogP contribution is -2.14. The molecule has 1 amide bonds. The van der Waals surface area contributed by atoms with Crippen molar-refractivity contribution in [2.75, 3.05) is 11.1 Å². The van der Waals surface area contributed by atoms with Crippen molar-refractivity contribution in [1.29, 1.82) is 0 Å². The van der Waals surface area contributed by atoms with Gasteiger partial charge in [0.25, 0.3) is 5.91 Å². The highest BCUT2D eigenvalue weighted by Gasteiger charge is 2.12. The first-order valence-corrected chi connectivity index (χ1v) is 7.12. The number of hydrogen-bond acceptors (Lipinski definition) is 2. The number of carbonyl (C=O) groups is 1. The van der Waals surface area contributed by atoms with Crippen LogP contribution in [0.1, 0.15) is 27.0 Å². The lowest BCUT2D eigenvalue weighted by atomic mass is 10.1. The molecule has 0 aromatic heterocycles. The molecule has 0 saturated carbocycles. The van der Waals surface area contributed by atoms with Crippen LogP contribution >= 0.6 is 15.9 Å². The Morgan fingerprint density at radius 2 is 1.70 bits per heavy atom. The van der Waals surface area contributed by atoms with Gasteiger partial charge in [0.15, 0.2) is 0 Å². The molecule has 0 aliphatic carbocycles. The summed E-state index contributed by atoms with van der Waals surface area (Å²) >= 11 is 3.51. The van der Waals surface area contributed by atoms with E-state index < -0.39 is 0 Å². The number of hydrogen-bond donors (Lipinski definition) is 2. The standard InChI is InChI=1S/C16H17BrN2O/c1-9-5-4-6-13(15(9)18)16(20)19-12-7-10(2)14(17)11(3)8-12/h4-8H,18H2,1-3H3,(H,19,20). The maximum Gasteiger partial charge on any atom is 0.257 e. The van der Waals surface area contributed by atoms with Gasteiger partial charge in [-0.2, -0.15) is 0 Å². The summed E-state index contributed by atoms with van der Waals surface area (Å²) < 4.78 is 1.06. The highest BCUT2D eigenvalue weighted by molar-refractivity contribution is 9.10. The van der Waals surface area contributed by atoms with E-state index in [9.17, 15) is 4.79 Å². The van der Waals surface area contributed by atoms with Crippen LogP contribution in [0.15, 0.2) is 34.8 Å². The number of halogens is 1. The van der Waals surface area contributed by atoms with E-state index in [1.54, 1.807) is 6.07 Å². The van der Waals surface area contributed by atoms with Crippen molar-refractivity contribution in [1.82, 2.24) is 0 Å². The third-order valence-corrected chi connectivity index (χ3v) is 4.51. The Morgan fingerprint density at radius 3 is 2.30 bits per heavy atom. The molecular weight excluding hydrogens is 316 g/mol. The fraction of sp³-hybridized carbons (Fsp3) is 0.188. The van der Waals surface area contributed by atoms with Gasteiger partial charge in [-0.1, -0.05) is 28.1 Å². The van der Waals surface area contributed by atoms with Gasteiger partial charge in [-0.05, 0) is 55.7 Å². The number of rotatable bonds is 2. The number of nitrogen functional groups attached to an aromatic ring is 1. The molecule has 0 unspecified atom stereocenters. The van der Waals surface area contributed by atoms with Crippen molar-refractivity contribution in [3.8, 4) is 0 Å². The highest BCUT2D eigenvalue weighted by Crippen LogP contribution is 2.26. The quantitative estimate of drug-likeness (QED) is 0.809. The number of para-hydroxylation sites is 1. The Kier molecular flexibility index (Phi) is 4.14. The lowest BCUT2D eigenvalue weighted by Gasteiger charge is -2.11. The van der Waals surface area contributed by atoms with Crippen molar-refractivity contribution in [2.45, 2.75) is 20.8 Å². The third kappa shape index (κ3) is 2.85. The monoisotopic (exact) mass is 332 g/mol. The van der Waals surface area contributed by atoms with Gasteiger partial charge in [-0.3, -0.25) is 4.79 Å². The van der Waals surface area contributed by atoms with Gasteiger partial charge in [0.2, 0.25) is 0 Å².